The molecule has 0 fully saturated rings. The van der Waals surface area contributed by atoms with Gasteiger partial charge in [0.2, 0.25) is 5.91 Å². The number of nitriles is 1. The summed E-state index contributed by atoms with van der Waals surface area (Å²) in [5.74, 6) is 0.551. The van der Waals surface area contributed by atoms with Gasteiger partial charge in [0, 0.05) is 12.1 Å². The van der Waals surface area contributed by atoms with Gasteiger partial charge in [-0.25, -0.2) is 4.39 Å². The van der Waals surface area contributed by atoms with Crippen molar-refractivity contribution in [3.63, 3.8) is 0 Å². The van der Waals surface area contributed by atoms with E-state index in [0.29, 0.717) is 18.1 Å². The number of hydrogen-bond acceptors (Lipinski definition) is 4. The Kier molecular flexibility index (Phi) is 6.42. The van der Waals surface area contributed by atoms with Gasteiger partial charge in [-0.2, -0.15) is 5.26 Å². The number of carbonyl (C=O) groups is 1. The third-order valence-electron chi connectivity index (χ3n) is 4.12. The van der Waals surface area contributed by atoms with Crippen molar-refractivity contribution in [1.82, 2.24) is 5.32 Å². The Morgan fingerprint density at radius 2 is 1.75 bits per heavy atom. The smallest absolute Gasteiger partial charge is 0.234 e. The van der Waals surface area contributed by atoms with Crippen LogP contribution >= 0.6 is 0 Å². The number of carbonyl (C=O) groups excluding carboxylic acids is 1. The molecule has 0 saturated carbocycles. The Morgan fingerprint density at radius 3 is 2.54 bits per heavy atom. The van der Waals surface area contributed by atoms with Gasteiger partial charge < -0.3 is 14.8 Å². The minimum Gasteiger partial charge on any atom is -0.490 e. The Bertz CT molecular complexity index is 997. The summed E-state index contributed by atoms with van der Waals surface area (Å²) in [4.78, 5) is 11.7. The highest BCUT2D eigenvalue weighted by molar-refractivity contribution is 5.88. The second kappa shape index (κ2) is 9.38. The Balaban J connectivity index is 1.68. The van der Waals surface area contributed by atoms with Crippen molar-refractivity contribution in [2.45, 2.75) is 13.0 Å². The molecule has 0 heterocycles. The molecule has 28 heavy (non-hydrogen) atoms. The van der Waals surface area contributed by atoms with Crippen molar-refractivity contribution in [2.75, 3.05) is 13.2 Å². The Hall–Kier alpha value is -3.59. The summed E-state index contributed by atoms with van der Waals surface area (Å²) in [6.45, 7) is 0.837. The van der Waals surface area contributed by atoms with E-state index >= 15 is 0 Å². The van der Waals surface area contributed by atoms with E-state index in [-0.39, 0.29) is 31.3 Å². The minimum atomic E-state index is -0.332. The fourth-order valence-corrected chi connectivity index (χ4v) is 2.80. The zero-order valence-corrected chi connectivity index (χ0v) is 15.2. The number of amides is 1. The van der Waals surface area contributed by atoms with Crippen LogP contribution in [0, 0.1) is 17.1 Å². The molecule has 3 aromatic rings. The first kappa shape index (κ1) is 19.2. The van der Waals surface area contributed by atoms with Crippen molar-refractivity contribution < 1.29 is 18.7 Å². The number of hydrogen-bond donors (Lipinski definition) is 1. The van der Waals surface area contributed by atoms with Gasteiger partial charge in [-0.1, -0.05) is 30.3 Å². The molecule has 142 valence electrons. The molecular weight excluding hydrogens is 359 g/mol. The van der Waals surface area contributed by atoms with Crippen LogP contribution in [0.3, 0.4) is 0 Å². The normalized spacial score (nSPS) is 10.3. The van der Waals surface area contributed by atoms with Gasteiger partial charge in [-0.3, -0.25) is 4.79 Å². The summed E-state index contributed by atoms with van der Waals surface area (Å²) < 4.78 is 24.3. The van der Waals surface area contributed by atoms with E-state index in [9.17, 15) is 9.18 Å². The molecule has 3 rings (SSSR count). The molecule has 1 N–H and O–H groups in total. The SMILES string of the molecule is N#CCC(=O)NCc1c(OCCOc2ccc(F)cc2)ccc2ccccc12. The van der Waals surface area contributed by atoms with Crippen molar-refractivity contribution >= 4 is 16.7 Å². The first-order valence-electron chi connectivity index (χ1n) is 8.83. The van der Waals surface area contributed by atoms with Crippen molar-refractivity contribution in [3.05, 3.63) is 72.0 Å². The number of rotatable bonds is 8. The maximum atomic E-state index is 12.9. The predicted octanol–water partition coefficient (Wildman–Crippen LogP) is 3.97. The number of benzene rings is 3. The molecule has 0 aliphatic heterocycles. The van der Waals surface area contributed by atoms with Crippen LogP contribution in [0.15, 0.2) is 60.7 Å². The van der Waals surface area contributed by atoms with Crippen molar-refractivity contribution in [2.24, 2.45) is 0 Å². The van der Waals surface area contributed by atoms with Crippen LogP contribution < -0.4 is 14.8 Å². The van der Waals surface area contributed by atoms with Gasteiger partial charge in [0.1, 0.15) is 37.0 Å². The lowest BCUT2D eigenvalue weighted by molar-refractivity contribution is -0.120. The van der Waals surface area contributed by atoms with Crippen LogP contribution in [-0.2, 0) is 11.3 Å². The average Bonchev–Trinajstić information content (AvgIpc) is 2.71. The summed E-state index contributed by atoms with van der Waals surface area (Å²) in [7, 11) is 0. The number of fused-ring (bicyclic) bond motifs is 1. The lowest BCUT2D eigenvalue weighted by Crippen LogP contribution is -2.22. The molecule has 6 heteroatoms. The monoisotopic (exact) mass is 378 g/mol. The highest BCUT2D eigenvalue weighted by Gasteiger charge is 2.11. The van der Waals surface area contributed by atoms with Crippen LogP contribution in [0.25, 0.3) is 10.8 Å². The highest BCUT2D eigenvalue weighted by Crippen LogP contribution is 2.28. The van der Waals surface area contributed by atoms with Gasteiger partial charge in [0.25, 0.3) is 0 Å². The van der Waals surface area contributed by atoms with E-state index in [1.54, 1.807) is 12.1 Å². The molecule has 0 radical (unpaired) electrons. The number of nitrogens with one attached hydrogen (secondary N) is 1. The first-order valence-corrected chi connectivity index (χ1v) is 8.83. The van der Waals surface area contributed by atoms with E-state index < -0.39 is 0 Å². The fraction of sp³-hybridized carbons (Fsp3) is 0.182. The molecule has 0 aromatic heterocycles. The predicted molar refractivity (Wildman–Crippen MR) is 103 cm³/mol. The van der Waals surface area contributed by atoms with Crippen molar-refractivity contribution in [1.29, 1.82) is 5.26 Å². The summed E-state index contributed by atoms with van der Waals surface area (Å²) >= 11 is 0. The molecule has 3 aromatic carbocycles. The summed E-state index contributed by atoms with van der Waals surface area (Å²) in [6.07, 6.45) is -0.188. The molecular formula is C22H19FN2O3. The molecule has 0 unspecified atom stereocenters. The Labute approximate surface area is 162 Å². The van der Waals surface area contributed by atoms with Crippen LogP contribution in [-0.4, -0.2) is 19.1 Å². The quantitative estimate of drug-likeness (QED) is 0.602. The van der Waals surface area contributed by atoms with Gasteiger partial charge in [-0.05, 0) is 41.1 Å². The lowest BCUT2D eigenvalue weighted by Gasteiger charge is -2.15. The molecule has 1 amide bonds. The Morgan fingerprint density at radius 1 is 1.00 bits per heavy atom. The largest absolute Gasteiger partial charge is 0.490 e. The van der Waals surface area contributed by atoms with Gasteiger partial charge in [0.05, 0.1) is 6.07 Å². The number of halogens is 1. The summed E-state index contributed by atoms with van der Waals surface area (Å²) in [5.41, 5.74) is 0.839. The molecule has 0 saturated heterocycles. The molecule has 0 bridgehead atoms. The van der Waals surface area contributed by atoms with Crippen LogP contribution in [0.4, 0.5) is 4.39 Å². The third-order valence-corrected chi connectivity index (χ3v) is 4.12. The van der Waals surface area contributed by atoms with E-state index in [1.807, 2.05) is 42.5 Å². The standard InChI is InChI=1S/C22H19FN2O3/c23-17-6-8-18(9-7-17)27-13-14-28-21-10-5-16-3-1-2-4-19(16)20(21)15-25-22(26)11-12-24/h1-10H,11,13-15H2,(H,25,26). The molecule has 0 aliphatic rings. The molecule has 0 aliphatic carbocycles. The van der Waals surface area contributed by atoms with Gasteiger partial charge in [0.15, 0.2) is 0 Å². The zero-order chi connectivity index (χ0) is 19.8. The molecule has 0 atom stereocenters. The van der Waals surface area contributed by atoms with Crippen molar-refractivity contribution in [3.8, 4) is 17.6 Å². The average molecular weight is 378 g/mol. The minimum absolute atomic E-state index is 0.188. The molecule has 0 spiro atoms. The maximum Gasteiger partial charge on any atom is 0.234 e. The maximum absolute atomic E-state index is 12.9. The van der Waals surface area contributed by atoms with Gasteiger partial charge >= 0.3 is 0 Å². The van der Waals surface area contributed by atoms with E-state index in [1.165, 1.54) is 12.1 Å². The summed E-state index contributed by atoms with van der Waals surface area (Å²) in [6, 6.07) is 19.2. The highest BCUT2D eigenvalue weighted by atomic mass is 19.1. The van der Waals surface area contributed by atoms with E-state index in [4.69, 9.17) is 14.7 Å². The third kappa shape index (κ3) is 4.98. The zero-order valence-electron chi connectivity index (χ0n) is 15.2. The lowest BCUT2D eigenvalue weighted by atomic mass is 10.0. The van der Waals surface area contributed by atoms with Crippen LogP contribution in [0.1, 0.15) is 12.0 Å². The van der Waals surface area contributed by atoms with E-state index in [0.717, 1.165) is 16.3 Å². The molecule has 5 nitrogen and oxygen atoms in total. The van der Waals surface area contributed by atoms with E-state index in [2.05, 4.69) is 5.32 Å². The van der Waals surface area contributed by atoms with Crippen LogP contribution in [0.5, 0.6) is 11.5 Å². The summed E-state index contributed by atoms with van der Waals surface area (Å²) in [5, 5.41) is 13.4. The number of ether oxygens (including phenoxy) is 2. The second-order valence-corrected chi connectivity index (χ2v) is 6.03. The topological polar surface area (TPSA) is 71.4 Å². The fourth-order valence-electron chi connectivity index (χ4n) is 2.80. The van der Waals surface area contributed by atoms with Gasteiger partial charge in [-0.15, -0.1) is 0 Å². The van der Waals surface area contributed by atoms with Crippen LogP contribution in [0.2, 0.25) is 0 Å². The second-order valence-electron chi connectivity index (χ2n) is 6.03. The first-order chi connectivity index (χ1) is 13.7. The number of nitrogens with zero attached hydrogens (tertiary/aromatic N) is 1.